The summed E-state index contributed by atoms with van der Waals surface area (Å²) in [6.45, 7) is 6.61. The van der Waals surface area contributed by atoms with Gasteiger partial charge in [0.05, 0.1) is 5.39 Å². The number of rotatable bonds is 3. The molecule has 150 valence electrons. The molecule has 2 aromatic carbocycles. The van der Waals surface area contributed by atoms with Crippen molar-refractivity contribution in [2.45, 2.75) is 26.7 Å². The smallest absolute Gasteiger partial charge is 0.207 e. The molecule has 1 aliphatic rings. The molecule has 1 fully saturated rings. The third-order valence-electron chi connectivity index (χ3n) is 5.66. The molecule has 7 heteroatoms. The summed E-state index contributed by atoms with van der Waals surface area (Å²) in [4.78, 5) is 26.3. The van der Waals surface area contributed by atoms with Crippen LogP contribution in [-0.2, 0) is 0 Å². The normalized spacial score (nSPS) is 16.2. The lowest BCUT2D eigenvalue weighted by atomic mass is 9.82. The number of benzene rings is 2. The molecule has 1 N–H and O–H groups in total. The van der Waals surface area contributed by atoms with E-state index in [1.54, 1.807) is 0 Å². The topological polar surface area (TPSA) is 83.1 Å². The average molecular weight is 457 g/mol. The number of phenolic OH excluding ortho intramolecular Hbond substituents is 1. The molecular weight excluding hydrogens is 436 g/mol. The van der Waals surface area contributed by atoms with Crippen LogP contribution in [0.3, 0.4) is 0 Å². The van der Waals surface area contributed by atoms with E-state index in [1.165, 1.54) is 12.1 Å². The van der Waals surface area contributed by atoms with E-state index in [2.05, 4.69) is 39.9 Å². The van der Waals surface area contributed by atoms with Crippen molar-refractivity contribution in [1.82, 2.24) is 0 Å². The van der Waals surface area contributed by atoms with Gasteiger partial charge in [-0.05, 0) is 75.8 Å². The molecule has 3 aromatic rings. The van der Waals surface area contributed by atoms with Gasteiger partial charge in [-0.1, -0.05) is 13.8 Å². The summed E-state index contributed by atoms with van der Waals surface area (Å²) in [5.41, 5.74) is 1.57. The molecule has 6 nitrogen and oxygen atoms in total. The quantitative estimate of drug-likeness (QED) is 0.492. The summed E-state index contributed by atoms with van der Waals surface area (Å²) in [6, 6.07) is 10.5. The molecule has 0 bridgehead atoms. The molecule has 1 saturated heterocycles. The van der Waals surface area contributed by atoms with Crippen molar-refractivity contribution in [3.8, 4) is 17.1 Å². The number of phenols is 1. The van der Waals surface area contributed by atoms with Crippen molar-refractivity contribution < 1.29 is 9.52 Å². The van der Waals surface area contributed by atoms with Crippen LogP contribution in [-0.4, -0.2) is 18.2 Å². The number of anilines is 1. The maximum atomic E-state index is 12.7. The minimum absolute atomic E-state index is 0.0226. The standard InChI is InChI=1S/C22H21BrN2O4/c1-22(2)9-11-25(12-10-22)14-5-3-13(4-6-14)20-17(23)19(27)15-7-8-16(26)18(24-28)21(15)29-20/h3-8,26H,9-12H2,1-2H3. The van der Waals surface area contributed by atoms with Gasteiger partial charge in [0, 0.05) is 24.3 Å². The number of aromatic hydroxyl groups is 1. The minimum atomic E-state index is -0.327. The summed E-state index contributed by atoms with van der Waals surface area (Å²) in [7, 11) is 0. The first-order chi connectivity index (χ1) is 13.8. The molecule has 1 aliphatic heterocycles. The van der Waals surface area contributed by atoms with Crippen LogP contribution in [0.4, 0.5) is 11.4 Å². The fourth-order valence-corrected chi connectivity index (χ4v) is 4.20. The van der Waals surface area contributed by atoms with Crippen LogP contribution in [0, 0.1) is 10.3 Å². The fraction of sp³-hybridized carbons (Fsp3) is 0.318. The Morgan fingerprint density at radius 1 is 1.10 bits per heavy atom. The van der Waals surface area contributed by atoms with Crippen molar-refractivity contribution >= 4 is 38.3 Å². The Bertz CT molecular complexity index is 1140. The van der Waals surface area contributed by atoms with Gasteiger partial charge in [-0.25, -0.2) is 0 Å². The van der Waals surface area contributed by atoms with E-state index >= 15 is 0 Å². The van der Waals surface area contributed by atoms with Crippen LogP contribution in [0.2, 0.25) is 0 Å². The number of hydrogen-bond donors (Lipinski definition) is 1. The Hall–Kier alpha value is -2.67. The molecule has 0 atom stereocenters. The number of halogens is 1. The summed E-state index contributed by atoms with van der Waals surface area (Å²) >= 11 is 3.32. The van der Waals surface area contributed by atoms with Gasteiger partial charge < -0.3 is 14.4 Å². The van der Waals surface area contributed by atoms with Gasteiger partial charge in [0.15, 0.2) is 17.0 Å². The molecule has 29 heavy (non-hydrogen) atoms. The van der Waals surface area contributed by atoms with Crippen LogP contribution in [0.15, 0.2) is 55.3 Å². The first-order valence-electron chi connectivity index (χ1n) is 9.48. The lowest BCUT2D eigenvalue weighted by Gasteiger charge is -2.38. The van der Waals surface area contributed by atoms with Crippen LogP contribution in [0.1, 0.15) is 26.7 Å². The van der Waals surface area contributed by atoms with Gasteiger partial charge >= 0.3 is 0 Å². The summed E-state index contributed by atoms with van der Waals surface area (Å²) in [6.07, 6.45) is 2.29. The van der Waals surface area contributed by atoms with E-state index in [0.717, 1.165) is 31.6 Å². The van der Waals surface area contributed by atoms with Gasteiger partial charge in [0.2, 0.25) is 5.43 Å². The maximum absolute atomic E-state index is 12.7. The summed E-state index contributed by atoms with van der Waals surface area (Å²) in [5, 5.41) is 12.9. The second kappa shape index (κ2) is 7.30. The van der Waals surface area contributed by atoms with Crippen molar-refractivity contribution in [2.75, 3.05) is 18.0 Å². The molecule has 0 aliphatic carbocycles. The summed E-state index contributed by atoms with van der Waals surface area (Å²) in [5.74, 6) is -0.0309. The lowest BCUT2D eigenvalue weighted by molar-refractivity contribution is 0.280. The Kier molecular flexibility index (Phi) is 4.94. The zero-order chi connectivity index (χ0) is 20.8. The predicted octanol–water partition coefficient (Wildman–Crippen LogP) is 5.95. The lowest BCUT2D eigenvalue weighted by Crippen LogP contribution is -2.37. The number of piperidine rings is 1. The van der Waals surface area contributed by atoms with Crippen LogP contribution >= 0.6 is 15.9 Å². The molecule has 0 spiro atoms. The van der Waals surface area contributed by atoms with E-state index in [-0.39, 0.29) is 32.3 Å². The van der Waals surface area contributed by atoms with Gasteiger partial charge in [-0.15, -0.1) is 4.91 Å². The molecule has 0 amide bonds. The van der Waals surface area contributed by atoms with Crippen molar-refractivity contribution in [3.05, 3.63) is 56.0 Å². The number of fused-ring (bicyclic) bond motifs is 1. The third kappa shape index (κ3) is 3.55. The van der Waals surface area contributed by atoms with E-state index in [9.17, 15) is 14.8 Å². The Balaban J connectivity index is 1.74. The zero-order valence-corrected chi connectivity index (χ0v) is 17.8. The highest BCUT2D eigenvalue weighted by Gasteiger charge is 2.25. The second-order valence-electron chi connectivity index (χ2n) is 8.17. The Morgan fingerprint density at radius 3 is 2.38 bits per heavy atom. The van der Waals surface area contributed by atoms with Crippen LogP contribution < -0.4 is 10.3 Å². The highest BCUT2D eigenvalue weighted by atomic mass is 79.9. The highest BCUT2D eigenvalue weighted by molar-refractivity contribution is 9.10. The van der Waals surface area contributed by atoms with Crippen LogP contribution in [0.5, 0.6) is 5.75 Å². The SMILES string of the molecule is CC1(C)CCN(c2ccc(-c3oc4c(N=O)c(O)ccc4c(=O)c3Br)cc2)CC1. The van der Waals surface area contributed by atoms with E-state index in [1.807, 2.05) is 24.3 Å². The minimum Gasteiger partial charge on any atom is -0.505 e. The van der Waals surface area contributed by atoms with Gasteiger partial charge in [0.25, 0.3) is 0 Å². The largest absolute Gasteiger partial charge is 0.505 e. The van der Waals surface area contributed by atoms with Crippen LogP contribution in [0.25, 0.3) is 22.3 Å². The van der Waals surface area contributed by atoms with Crippen molar-refractivity contribution in [2.24, 2.45) is 10.6 Å². The maximum Gasteiger partial charge on any atom is 0.207 e. The molecule has 0 radical (unpaired) electrons. The molecule has 4 rings (SSSR count). The average Bonchev–Trinajstić information content (AvgIpc) is 2.71. The predicted molar refractivity (Wildman–Crippen MR) is 118 cm³/mol. The summed E-state index contributed by atoms with van der Waals surface area (Å²) < 4.78 is 6.12. The number of nitrogens with zero attached hydrogens (tertiary/aromatic N) is 2. The van der Waals surface area contributed by atoms with E-state index in [4.69, 9.17) is 4.42 Å². The van der Waals surface area contributed by atoms with Crippen molar-refractivity contribution in [3.63, 3.8) is 0 Å². The number of nitroso groups, excluding NO2 is 1. The van der Waals surface area contributed by atoms with Gasteiger partial charge in [0.1, 0.15) is 10.2 Å². The Morgan fingerprint density at radius 2 is 1.76 bits per heavy atom. The zero-order valence-electron chi connectivity index (χ0n) is 16.2. The first kappa shape index (κ1) is 19.6. The number of hydrogen-bond acceptors (Lipinski definition) is 6. The van der Waals surface area contributed by atoms with Crippen molar-refractivity contribution in [1.29, 1.82) is 0 Å². The van der Waals surface area contributed by atoms with Gasteiger partial charge in [-0.3, -0.25) is 4.79 Å². The molecular formula is C22H21BrN2O4. The van der Waals surface area contributed by atoms with Gasteiger partial charge in [-0.2, -0.15) is 0 Å². The van der Waals surface area contributed by atoms with E-state index < -0.39 is 0 Å². The van der Waals surface area contributed by atoms with E-state index in [0.29, 0.717) is 16.7 Å². The highest BCUT2D eigenvalue weighted by Crippen LogP contribution is 2.38. The fourth-order valence-electron chi connectivity index (χ4n) is 3.68. The molecule has 0 saturated carbocycles. The monoisotopic (exact) mass is 456 g/mol. The molecule has 1 aromatic heterocycles. The second-order valence-corrected chi connectivity index (χ2v) is 8.97. The first-order valence-corrected chi connectivity index (χ1v) is 10.3. The Labute approximate surface area is 176 Å². The molecule has 2 heterocycles. The third-order valence-corrected chi connectivity index (χ3v) is 6.38. The molecule has 0 unspecified atom stereocenters.